The smallest absolute Gasteiger partial charge is 0.227 e. The van der Waals surface area contributed by atoms with E-state index in [9.17, 15) is 4.79 Å². The average molecular weight is 388 g/mol. The van der Waals surface area contributed by atoms with Crippen LogP contribution in [0.3, 0.4) is 0 Å². The molecule has 1 aromatic heterocycles. The summed E-state index contributed by atoms with van der Waals surface area (Å²) < 4.78 is 5.61. The van der Waals surface area contributed by atoms with E-state index in [0.717, 1.165) is 28.2 Å². The molecule has 3 aromatic rings. The van der Waals surface area contributed by atoms with Gasteiger partial charge in [0.05, 0.1) is 18.9 Å². The molecule has 0 unspecified atom stereocenters. The summed E-state index contributed by atoms with van der Waals surface area (Å²) >= 11 is 0. The van der Waals surface area contributed by atoms with Crippen LogP contribution in [0.15, 0.2) is 72.9 Å². The number of hydrogen-bond acceptors (Lipinski definition) is 5. The minimum atomic E-state index is -0.109. The topological polar surface area (TPSA) is 76.1 Å². The summed E-state index contributed by atoms with van der Waals surface area (Å²) in [6, 6.07) is 17.4. The lowest BCUT2D eigenvalue weighted by Gasteiger charge is -2.09. The number of carbonyl (C=O) groups excluding carboxylic acids is 1. The molecule has 148 valence electrons. The first-order valence-corrected chi connectivity index (χ1v) is 9.40. The fourth-order valence-corrected chi connectivity index (χ4v) is 2.75. The van der Waals surface area contributed by atoms with Crippen molar-refractivity contribution >= 4 is 23.2 Å². The second kappa shape index (κ2) is 10.1. The van der Waals surface area contributed by atoms with E-state index in [4.69, 9.17) is 4.74 Å². The molecular formula is C23H24N4O2. The van der Waals surface area contributed by atoms with Gasteiger partial charge in [0.1, 0.15) is 0 Å². The number of benzene rings is 2. The van der Waals surface area contributed by atoms with Gasteiger partial charge in [-0.1, -0.05) is 36.4 Å². The molecule has 0 spiro atoms. The van der Waals surface area contributed by atoms with Gasteiger partial charge in [-0.15, -0.1) is 0 Å². The number of hydrogen-bond donors (Lipinski definition) is 2. The van der Waals surface area contributed by atoms with Gasteiger partial charge in [0.25, 0.3) is 0 Å². The first-order valence-electron chi connectivity index (χ1n) is 9.40. The van der Waals surface area contributed by atoms with Gasteiger partial charge in [-0.25, -0.2) is 9.97 Å². The maximum Gasteiger partial charge on any atom is 0.227 e. The molecule has 2 N–H and O–H groups in total. The molecule has 0 atom stereocenters. The van der Waals surface area contributed by atoms with Crippen LogP contribution >= 0.6 is 0 Å². The van der Waals surface area contributed by atoms with Gasteiger partial charge in [-0.05, 0) is 42.8 Å². The summed E-state index contributed by atoms with van der Waals surface area (Å²) in [6.45, 7) is 4.59. The number of nitrogens with zero attached hydrogens (tertiary/aromatic N) is 2. The number of rotatable bonds is 8. The van der Waals surface area contributed by atoms with Gasteiger partial charge in [0, 0.05) is 30.1 Å². The molecule has 1 amide bonds. The van der Waals surface area contributed by atoms with Gasteiger partial charge in [-0.3, -0.25) is 4.79 Å². The van der Waals surface area contributed by atoms with E-state index in [-0.39, 0.29) is 5.91 Å². The van der Waals surface area contributed by atoms with E-state index in [0.29, 0.717) is 19.2 Å². The van der Waals surface area contributed by atoms with Crippen molar-refractivity contribution in [2.24, 2.45) is 0 Å². The number of ether oxygens (including phenoxy) is 1. The molecule has 1 heterocycles. The largest absolute Gasteiger partial charge is 0.373 e. The summed E-state index contributed by atoms with van der Waals surface area (Å²) in [5.41, 5.74) is 4.35. The summed E-state index contributed by atoms with van der Waals surface area (Å²) in [6.07, 6.45) is 5.65. The molecule has 0 bridgehead atoms. The summed E-state index contributed by atoms with van der Waals surface area (Å²) in [7, 11) is 0. The minimum absolute atomic E-state index is 0.109. The Morgan fingerprint density at radius 2 is 1.93 bits per heavy atom. The van der Waals surface area contributed by atoms with Gasteiger partial charge in [0.15, 0.2) is 0 Å². The van der Waals surface area contributed by atoms with Gasteiger partial charge < -0.3 is 15.4 Å². The van der Waals surface area contributed by atoms with Crippen LogP contribution in [0.2, 0.25) is 0 Å². The molecule has 0 saturated carbocycles. The molecule has 0 radical (unpaired) electrons. The highest BCUT2D eigenvalue weighted by molar-refractivity contribution is 5.89. The Kier molecular flexibility index (Phi) is 7.08. The second-order valence-electron chi connectivity index (χ2n) is 6.44. The van der Waals surface area contributed by atoms with E-state index in [1.807, 2.05) is 73.7 Å². The highest BCUT2D eigenvalue weighted by Gasteiger charge is 2.05. The van der Waals surface area contributed by atoms with E-state index >= 15 is 0 Å². The Labute approximate surface area is 170 Å². The molecular weight excluding hydrogens is 364 g/mol. The fraction of sp³-hybridized carbons (Fsp3) is 0.174. The second-order valence-corrected chi connectivity index (χ2v) is 6.44. The number of anilines is 3. The maximum absolute atomic E-state index is 11.3. The van der Waals surface area contributed by atoms with Crippen molar-refractivity contribution < 1.29 is 9.53 Å². The van der Waals surface area contributed by atoms with Crippen LogP contribution in [-0.2, 0) is 16.1 Å². The molecule has 0 saturated heterocycles. The van der Waals surface area contributed by atoms with Crippen LogP contribution in [0.5, 0.6) is 0 Å². The lowest BCUT2D eigenvalue weighted by atomic mass is 10.1. The third kappa shape index (κ3) is 6.26. The normalized spacial score (nSPS) is 10.8. The quantitative estimate of drug-likeness (QED) is 0.422. The Morgan fingerprint density at radius 3 is 2.76 bits per heavy atom. The van der Waals surface area contributed by atoms with Crippen LogP contribution < -0.4 is 10.6 Å². The summed E-state index contributed by atoms with van der Waals surface area (Å²) in [5, 5.41) is 6.03. The predicted molar refractivity (Wildman–Crippen MR) is 116 cm³/mol. The predicted octanol–water partition coefficient (Wildman–Crippen LogP) is 4.94. The first-order chi connectivity index (χ1) is 14.1. The van der Waals surface area contributed by atoms with Crippen molar-refractivity contribution in [2.75, 3.05) is 17.2 Å². The lowest BCUT2D eigenvalue weighted by molar-refractivity contribution is -0.114. The average Bonchev–Trinajstić information content (AvgIpc) is 2.71. The monoisotopic (exact) mass is 388 g/mol. The van der Waals surface area contributed by atoms with Crippen LogP contribution in [0.4, 0.5) is 17.3 Å². The zero-order chi connectivity index (χ0) is 20.5. The Bertz CT molecular complexity index is 1000. The molecule has 0 aliphatic heterocycles. The van der Waals surface area contributed by atoms with Gasteiger partial charge >= 0.3 is 0 Å². The number of allylic oxidation sites excluding steroid dienone is 1. The SMILES string of the molecule is C/C=C/COCc1cccc(Nc2nccc(-c3cccc(NC(C)=O)c3)n2)c1. The van der Waals surface area contributed by atoms with Crippen molar-refractivity contribution in [2.45, 2.75) is 20.5 Å². The van der Waals surface area contributed by atoms with Crippen LogP contribution in [0.25, 0.3) is 11.3 Å². The molecule has 2 aromatic carbocycles. The molecule has 0 aliphatic carbocycles. The van der Waals surface area contributed by atoms with Crippen molar-refractivity contribution in [3.63, 3.8) is 0 Å². The standard InChI is InChI=1S/C23H24N4O2/c1-3-4-13-29-16-18-7-5-9-20(14-18)26-23-24-12-11-22(27-23)19-8-6-10-21(15-19)25-17(2)28/h3-12,14-15H,13,16H2,1-2H3,(H,25,28)(H,24,26,27)/b4-3+. The zero-order valence-corrected chi connectivity index (χ0v) is 16.6. The van der Waals surface area contributed by atoms with Crippen molar-refractivity contribution in [3.05, 3.63) is 78.5 Å². The Balaban J connectivity index is 1.73. The summed E-state index contributed by atoms with van der Waals surface area (Å²) in [5.74, 6) is 0.390. The molecule has 29 heavy (non-hydrogen) atoms. The highest BCUT2D eigenvalue weighted by Crippen LogP contribution is 2.23. The van der Waals surface area contributed by atoms with Crippen LogP contribution in [0.1, 0.15) is 19.4 Å². The highest BCUT2D eigenvalue weighted by atomic mass is 16.5. The number of nitrogens with one attached hydrogen (secondary N) is 2. The van der Waals surface area contributed by atoms with Gasteiger partial charge in [0.2, 0.25) is 11.9 Å². The van der Waals surface area contributed by atoms with E-state index in [1.54, 1.807) is 6.20 Å². The summed E-state index contributed by atoms with van der Waals surface area (Å²) in [4.78, 5) is 20.2. The Hall–Kier alpha value is -3.51. The number of carbonyl (C=O) groups is 1. The van der Waals surface area contributed by atoms with E-state index < -0.39 is 0 Å². The molecule has 3 rings (SSSR count). The maximum atomic E-state index is 11.3. The van der Waals surface area contributed by atoms with Crippen LogP contribution in [-0.4, -0.2) is 22.5 Å². The number of aromatic nitrogens is 2. The fourth-order valence-electron chi connectivity index (χ4n) is 2.75. The molecule has 0 aliphatic rings. The third-order valence-electron chi connectivity index (χ3n) is 4.04. The lowest BCUT2D eigenvalue weighted by Crippen LogP contribution is -2.05. The van der Waals surface area contributed by atoms with Crippen molar-refractivity contribution in [3.8, 4) is 11.3 Å². The molecule has 6 heteroatoms. The van der Waals surface area contributed by atoms with Crippen LogP contribution in [0, 0.1) is 0 Å². The van der Waals surface area contributed by atoms with E-state index in [2.05, 4.69) is 20.6 Å². The zero-order valence-electron chi connectivity index (χ0n) is 16.6. The molecule has 6 nitrogen and oxygen atoms in total. The van der Waals surface area contributed by atoms with E-state index in [1.165, 1.54) is 6.92 Å². The molecule has 0 fully saturated rings. The third-order valence-corrected chi connectivity index (χ3v) is 4.04. The van der Waals surface area contributed by atoms with Crippen molar-refractivity contribution in [1.82, 2.24) is 9.97 Å². The van der Waals surface area contributed by atoms with Crippen molar-refractivity contribution in [1.29, 1.82) is 0 Å². The van der Waals surface area contributed by atoms with Gasteiger partial charge in [-0.2, -0.15) is 0 Å². The minimum Gasteiger partial charge on any atom is -0.373 e. The first kappa shape index (κ1) is 20.2. The Morgan fingerprint density at radius 1 is 1.10 bits per heavy atom. The number of amides is 1.